The monoisotopic (exact) mass is 634 g/mol. The Balaban J connectivity index is 1.25. The maximum absolute atomic E-state index is 13.2. The van der Waals surface area contributed by atoms with E-state index in [9.17, 15) is 4.55 Å². The van der Waals surface area contributed by atoms with Gasteiger partial charge in [0.1, 0.15) is 16.1 Å². The minimum absolute atomic E-state index is 0.0473. The lowest BCUT2D eigenvalue weighted by Crippen LogP contribution is -2.49. The van der Waals surface area contributed by atoms with Crippen molar-refractivity contribution in [3.63, 3.8) is 0 Å². The van der Waals surface area contributed by atoms with Crippen molar-refractivity contribution in [3.8, 4) is 0 Å². The molecule has 198 valence electrons. The molecule has 37 heavy (non-hydrogen) atoms. The quantitative estimate of drug-likeness (QED) is 0.317. The van der Waals surface area contributed by atoms with Crippen molar-refractivity contribution in [1.29, 1.82) is 0 Å². The minimum atomic E-state index is -1.13. The van der Waals surface area contributed by atoms with E-state index in [1.165, 1.54) is 11.1 Å². The molecule has 4 heterocycles. The number of nitrogens with one attached hydrogen (secondary N) is 1. The van der Waals surface area contributed by atoms with E-state index in [1.54, 1.807) is 0 Å². The molecule has 3 aromatic rings. The van der Waals surface area contributed by atoms with Crippen LogP contribution in [0.3, 0.4) is 0 Å². The second-order valence-electron chi connectivity index (χ2n) is 11.6. The lowest BCUT2D eigenvalue weighted by Gasteiger charge is -2.44. The molecular weight excluding hydrogens is 599 g/mol. The zero-order valence-corrected chi connectivity index (χ0v) is 24.7. The summed E-state index contributed by atoms with van der Waals surface area (Å²) in [5.74, 6) is 0.897. The molecule has 1 spiro atoms. The van der Waals surface area contributed by atoms with Crippen LogP contribution in [0.4, 0.5) is 5.82 Å². The smallest absolute Gasteiger partial charge is 0.182 e. The molecule has 3 atom stereocenters. The second kappa shape index (κ2) is 9.93. The first kappa shape index (κ1) is 25.8. The van der Waals surface area contributed by atoms with Crippen molar-refractivity contribution in [2.45, 2.75) is 76.3 Å². The van der Waals surface area contributed by atoms with Crippen LogP contribution >= 0.6 is 22.6 Å². The van der Waals surface area contributed by atoms with Crippen LogP contribution in [0.2, 0.25) is 0 Å². The van der Waals surface area contributed by atoms with Gasteiger partial charge in [0.2, 0.25) is 0 Å². The van der Waals surface area contributed by atoms with Crippen molar-refractivity contribution >= 4 is 50.9 Å². The topological polar surface area (TPSA) is 91.2 Å². The van der Waals surface area contributed by atoms with Gasteiger partial charge in [-0.1, -0.05) is 24.3 Å². The number of nitrogens with zero attached hydrogens (tertiary/aromatic N) is 5. The fourth-order valence-corrected chi connectivity index (χ4v) is 7.60. The Morgan fingerprint density at radius 2 is 1.97 bits per heavy atom. The summed E-state index contributed by atoms with van der Waals surface area (Å²) in [7, 11) is 0. The molecule has 2 aliphatic heterocycles. The van der Waals surface area contributed by atoms with Crippen LogP contribution in [0.25, 0.3) is 11.2 Å². The van der Waals surface area contributed by atoms with Gasteiger partial charge in [-0.05, 0) is 93.0 Å². The number of hydrogen-bond acceptors (Lipinski definition) is 7. The number of rotatable bonds is 4. The van der Waals surface area contributed by atoms with Crippen LogP contribution < -0.4 is 9.62 Å². The summed E-state index contributed by atoms with van der Waals surface area (Å²) in [5.41, 5.74) is 4.38. The molecule has 6 rings (SSSR count). The Morgan fingerprint density at radius 3 is 2.70 bits per heavy atom. The Bertz CT molecular complexity index is 1280. The summed E-state index contributed by atoms with van der Waals surface area (Å²) in [6.45, 7) is 8.64. The number of halogens is 1. The van der Waals surface area contributed by atoms with Crippen LogP contribution in [-0.2, 0) is 22.5 Å². The Hall–Kier alpha value is -1.47. The number of anilines is 1. The van der Waals surface area contributed by atoms with Crippen molar-refractivity contribution in [3.05, 3.63) is 45.3 Å². The van der Waals surface area contributed by atoms with E-state index in [4.69, 9.17) is 19.8 Å². The summed E-state index contributed by atoms with van der Waals surface area (Å²) in [5, 5.41) is 4.74. The average Bonchev–Trinajstić information content (AvgIpc) is 3.38. The van der Waals surface area contributed by atoms with Crippen LogP contribution in [0, 0.1) is 9.12 Å². The van der Waals surface area contributed by atoms with Gasteiger partial charge < -0.3 is 14.2 Å². The highest BCUT2D eigenvalue weighted by Gasteiger charge is 2.50. The predicted molar refractivity (Wildman–Crippen MR) is 155 cm³/mol. The molecule has 8 nitrogen and oxygen atoms in total. The highest BCUT2D eigenvalue weighted by atomic mass is 127. The summed E-state index contributed by atoms with van der Waals surface area (Å²) in [4.78, 5) is 12.2. The Labute approximate surface area is 235 Å². The molecule has 2 fully saturated rings. The van der Waals surface area contributed by atoms with Crippen molar-refractivity contribution < 1.29 is 9.29 Å². The van der Waals surface area contributed by atoms with E-state index in [0.717, 1.165) is 78.9 Å². The fraction of sp³-hybridized carbons (Fsp3) is 0.593. The third-order valence-electron chi connectivity index (χ3n) is 8.16. The molecule has 2 aromatic heterocycles. The predicted octanol–water partition coefficient (Wildman–Crippen LogP) is 5.07. The lowest BCUT2D eigenvalue weighted by atomic mass is 9.73. The maximum atomic E-state index is 13.2. The van der Waals surface area contributed by atoms with E-state index in [2.05, 4.69) is 56.5 Å². The molecule has 0 bridgehead atoms. The largest absolute Gasteiger partial charge is 0.598 e. The molecule has 0 amide bonds. The van der Waals surface area contributed by atoms with Gasteiger partial charge in [-0.3, -0.25) is 0 Å². The Kier molecular flexibility index (Phi) is 6.92. The molecular formula is C27H35IN6O2S. The van der Waals surface area contributed by atoms with Crippen LogP contribution in [0.15, 0.2) is 30.5 Å². The summed E-state index contributed by atoms with van der Waals surface area (Å²) in [6.07, 6.45) is 8.04. The molecule has 10 heteroatoms. The number of ether oxygens (including phenoxy) is 1. The van der Waals surface area contributed by atoms with Crippen LogP contribution in [0.1, 0.15) is 76.3 Å². The molecule has 0 radical (unpaired) electrons. The summed E-state index contributed by atoms with van der Waals surface area (Å²) >= 11 is 1.11. The molecule has 1 aromatic carbocycles. The van der Waals surface area contributed by atoms with E-state index in [1.807, 2.05) is 31.6 Å². The highest BCUT2D eigenvalue weighted by Crippen LogP contribution is 2.52. The molecule has 1 unspecified atom stereocenters. The summed E-state index contributed by atoms with van der Waals surface area (Å²) < 4.78 is 25.2. The van der Waals surface area contributed by atoms with E-state index >= 15 is 0 Å². The van der Waals surface area contributed by atoms with Gasteiger partial charge in [-0.15, -0.1) is 4.72 Å². The van der Waals surface area contributed by atoms with E-state index < -0.39 is 11.4 Å². The zero-order valence-electron chi connectivity index (χ0n) is 21.7. The second-order valence-corrected chi connectivity index (χ2v) is 14.6. The van der Waals surface area contributed by atoms with E-state index in [0.29, 0.717) is 0 Å². The van der Waals surface area contributed by atoms with Gasteiger partial charge in [0.15, 0.2) is 15.6 Å². The highest BCUT2D eigenvalue weighted by molar-refractivity contribution is 14.1. The third kappa shape index (κ3) is 4.77. The number of benzene rings is 1. The van der Waals surface area contributed by atoms with Crippen molar-refractivity contribution in [2.24, 2.45) is 5.41 Å². The summed E-state index contributed by atoms with van der Waals surface area (Å²) in [6, 6.07) is 8.76. The molecule has 2 saturated heterocycles. The fourth-order valence-electron chi connectivity index (χ4n) is 6.04. The number of aromatic nitrogens is 4. The lowest BCUT2D eigenvalue weighted by molar-refractivity contribution is -0.0372. The molecule has 3 aliphatic rings. The first-order valence-corrected chi connectivity index (χ1v) is 15.5. The molecule has 1 aliphatic carbocycles. The van der Waals surface area contributed by atoms with Gasteiger partial charge in [0.25, 0.3) is 0 Å². The number of hydrogen-bond donors (Lipinski definition) is 1. The van der Waals surface area contributed by atoms with Gasteiger partial charge >= 0.3 is 0 Å². The van der Waals surface area contributed by atoms with Gasteiger partial charge in [0, 0.05) is 36.5 Å². The first-order chi connectivity index (χ1) is 17.7. The standard InChI is InChI=1S/C27H35IN6O2S/c1-26(2,3)37(35)32-23-19-9-5-4-8-18(19)16-27(23)11-13-33(14-12-27)20-17-29-22-24(28)31-34(25(22)30-20)21-10-6-7-15-36-21/h4-5,8-9,17,21,23,32H,6-7,10-16H2,1-3H3/t21-,23-,37?/m1/s1. The third-order valence-corrected chi connectivity index (χ3v) is 10.5. The zero-order chi connectivity index (χ0) is 25.8. The molecule has 1 N–H and O–H groups in total. The number of fused-ring (bicyclic) bond motifs is 2. The Morgan fingerprint density at radius 1 is 1.19 bits per heavy atom. The molecule has 0 saturated carbocycles. The van der Waals surface area contributed by atoms with Crippen molar-refractivity contribution in [2.75, 3.05) is 24.6 Å². The van der Waals surface area contributed by atoms with Gasteiger partial charge in [-0.25, -0.2) is 14.6 Å². The first-order valence-electron chi connectivity index (χ1n) is 13.3. The SMILES string of the molecule is CC(C)(C)[S+]([O-])N[C@@H]1c2ccccc2CC12CCN(c1cnc3c(I)nn([C@H]4CCCCO4)c3n1)CC2. The maximum Gasteiger partial charge on any atom is 0.182 e. The van der Waals surface area contributed by atoms with E-state index in [-0.39, 0.29) is 22.4 Å². The minimum Gasteiger partial charge on any atom is -0.598 e. The van der Waals surface area contributed by atoms with Crippen LogP contribution in [0.5, 0.6) is 0 Å². The normalized spacial score (nSPS) is 24.5. The van der Waals surface area contributed by atoms with Crippen molar-refractivity contribution in [1.82, 2.24) is 24.5 Å². The van der Waals surface area contributed by atoms with Gasteiger partial charge in [0.05, 0.1) is 12.2 Å². The van der Waals surface area contributed by atoms with Crippen LogP contribution in [-0.4, -0.2) is 48.7 Å². The average molecular weight is 635 g/mol. The van der Waals surface area contributed by atoms with Gasteiger partial charge in [-0.2, -0.15) is 5.10 Å². The number of piperidine rings is 1.